The molecular formula is C19H13NO2. The van der Waals surface area contributed by atoms with Crippen LogP contribution in [0.25, 0.3) is 10.8 Å². The van der Waals surface area contributed by atoms with Crippen molar-refractivity contribution in [2.45, 2.75) is 0 Å². The van der Waals surface area contributed by atoms with Crippen molar-refractivity contribution in [2.24, 2.45) is 0 Å². The van der Waals surface area contributed by atoms with Gasteiger partial charge in [0.15, 0.2) is 0 Å². The van der Waals surface area contributed by atoms with Gasteiger partial charge in [-0.05, 0) is 35.0 Å². The minimum atomic E-state index is -0.542. The Morgan fingerprint density at radius 2 is 1.55 bits per heavy atom. The van der Waals surface area contributed by atoms with Gasteiger partial charge in [0.25, 0.3) is 5.91 Å². The summed E-state index contributed by atoms with van der Waals surface area (Å²) in [6.07, 6.45) is 0. The molecular weight excluding hydrogens is 274 g/mol. The van der Waals surface area contributed by atoms with Crippen molar-refractivity contribution in [3.8, 4) is 11.8 Å². The van der Waals surface area contributed by atoms with Gasteiger partial charge >= 0.3 is 0 Å². The van der Waals surface area contributed by atoms with Gasteiger partial charge in [-0.25, -0.2) is 5.48 Å². The molecule has 0 radical (unpaired) electrons. The Labute approximate surface area is 128 Å². The summed E-state index contributed by atoms with van der Waals surface area (Å²) in [7, 11) is 0. The number of amides is 1. The molecule has 0 aliphatic carbocycles. The number of rotatable bonds is 1. The summed E-state index contributed by atoms with van der Waals surface area (Å²) < 4.78 is 0. The molecule has 0 aliphatic heterocycles. The van der Waals surface area contributed by atoms with Gasteiger partial charge in [-0.15, -0.1) is 0 Å². The number of carbonyl (C=O) groups excluding carboxylic acids is 1. The highest BCUT2D eigenvalue weighted by Gasteiger charge is 2.10. The third-order valence-electron chi connectivity index (χ3n) is 3.33. The molecule has 0 bridgehead atoms. The van der Waals surface area contributed by atoms with E-state index in [4.69, 9.17) is 5.21 Å². The molecule has 3 rings (SSSR count). The van der Waals surface area contributed by atoms with E-state index in [2.05, 4.69) is 11.8 Å². The van der Waals surface area contributed by atoms with Crippen LogP contribution >= 0.6 is 0 Å². The summed E-state index contributed by atoms with van der Waals surface area (Å²) in [6, 6.07) is 20.8. The van der Waals surface area contributed by atoms with E-state index >= 15 is 0 Å². The first-order valence-corrected chi connectivity index (χ1v) is 6.82. The summed E-state index contributed by atoms with van der Waals surface area (Å²) >= 11 is 0. The molecule has 0 aliphatic rings. The fraction of sp³-hybridized carbons (Fsp3) is 0. The lowest BCUT2D eigenvalue weighted by Gasteiger charge is -2.06. The molecule has 0 saturated heterocycles. The van der Waals surface area contributed by atoms with Gasteiger partial charge in [-0.3, -0.25) is 10.0 Å². The second-order valence-electron chi connectivity index (χ2n) is 4.80. The number of nitrogens with one attached hydrogen (secondary N) is 1. The largest absolute Gasteiger partial charge is 0.288 e. The molecule has 0 fully saturated rings. The molecule has 3 heteroatoms. The minimum Gasteiger partial charge on any atom is -0.288 e. The Bertz CT molecular complexity index is 889. The van der Waals surface area contributed by atoms with Crippen molar-refractivity contribution in [2.75, 3.05) is 0 Å². The van der Waals surface area contributed by atoms with Gasteiger partial charge in [0.1, 0.15) is 0 Å². The van der Waals surface area contributed by atoms with Crippen molar-refractivity contribution in [3.05, 3.63) is 83.4 Å². The van der Waals surface area contributed by atoms with Gasteiger partial charge in [-0.1, -0.05) is 54.3 Å². The lowest BCUT2D eigenvalue weighted by molar-refractivity contribution is 0.0708. The molecule has 2 N–H and O–H groups in total. The van der Waals surface area contributed by atoms with Crippen molar-refractivity contribution in [3.63, 3.8) is 0 Å². The van der Waals surface area contributed by atoms with Gasteiger partial charge in [-0.2, -0.15) is 0 Å². The lowest BCUT2D eigenvalue weighted by atomic mass is 10.0. The first-order chi connectivity index (χ1) is 10.8. The van der Waals surface area contributed by atoms with Gasteiger partial charge in [0, 0.05) is 11.1 Å². The van der Waals surface area contributed by atoms with Crippen molar-refractivity contribution in [1.29, 1.82) is 0 Å². The van der Waals surface area contributed by atoms with Crippen LogP contribution in [0.3, 0.4) is 0 Å². The topological polar surface area (TPSA) is 49.3 Å². The molecule has 106 valence electrons. The van der Waals surface area contributed by atoms with E-state index in [1.54, 1.807) is 11.5 Å². The van der Waals surface area contributed by atoms with Gasteiger partial charge < -0.3 is 0 Å². The van der Waals surface area contributed by atoms with Crippen LogP contribution < -0.4 is 5.48 Å². The molecule has 0 spiro atoms. The standard InChI is InChI=1S/C19H13NO2/c21-19(20-22)18-13-15(11-10-14-6-2-1-3-7-14)12-16-8-4-5-9-17(16)18/h1-9,12-13,22H,(H,20,21). The molecule has 0 aromatic heterocycles. The fourth-order valence-electron chi connectivity index (χ4n) is 2.30. The van der Waals surface area contributed by atoms with Crippen LogP contribution in [0, 0.1) is 11.8 Å². The minimum absolute atomic E-state index is 0.401. The zero-order valence-electron chi connectivity index (χ0n) is 11.7. The molecule has 3 nitrogen and oxygen atoms in total. The summed E-state index contributed by atoms with van der Waals surface area (Å²) in [5.41, 5.74) is 3.72. The predicted molar refractivity (Wildman–Crippen MR) is 85.6 cm³/mol. The molecule has 1 amide bonds. The Hall–Kier alpha value is -3.09. The van der Waals surface area contributed by atoms with Crippen LogP contribution in [0.4, 0.5) is 0 Å². The summed E-state index contributed by atoms with van der Waals surface area (Å²) in [5.74, 6) is 5.58. The van der Waals surface area contributed by atoms with Crippen LogP contribution in [-0.4, -0.2) is 11.1 Å². The SMILES string of the molecule is O=C(NO)c1cc(C#Cc2ccccc2)cc2ccccc12. The smallest absolute Gasteiger partial charge is 0.275 e. The third-order valence-corrected chi connectivity index (χ3v) is 3.33. The summed E-state index contributed by atoms with van der Waals surface area (Å²) in [6.45, 7) is 0. The van der Waals surface area contributed by atoms with Gasteiger partial charge in [0.2, 0.25) is 0 Å². The van der Waals surface area contributed by atoms with Crippen LogP contribution in [0.2, 0.25) is 0 Å². The van der Waals surface area contributed by atoms with E-state index < -0.39 is 5.91 Å². The first-order valence-electron chi connectivity index (χ1n) is 6.82. The Balaban J connectivity index is 2.12. The van der Waals surface area contributed by atoms with Crippen molar-refractivity contribution >= 4 is 16.7 Å². The monoisotopic (exact) mass is 287 g/mol. The number of carbonyl (C=O) groups is 1. The third kappa shape index (κ3) is 2.83. The maximum Gasteiger partial charge on any atom is 0.275 e. The van der Waals surface area contributed by atoms with Crippen LogP contribution in [-0.2, 0) is 0 Å². The number of hydroxylamine groups is 1. The average molecular weight is 287 g/mol. The summed E-state index contributed by atoms with van der Waals surface area (Å²) in [4.78, 5) is 11.8. The zero-order chi connectivity index (χ0) is 15.4. The molecule has 22 heavy (non-hydrogen) atoms. The van der Waals surface area contributed by atoms with Gasteiger partial charge in [0.05, 0.1) is 5.56 Å². The maximum atomic E-state index is 11.8. The van der Waals surface area contributed by atoms with E-state index in [1.807, 2.05) is 60.7 Å². The molecule has 3 aromatic rings. The van der Waals surface area contributed by atoms with Crippen LogP contribution in [0.15, 0.2) is 66.7 Å². The predicted octanol–water partition coefficient (Wildman–Crippen LogP) is 3.36. The molecule has 0 saturated carbocycles. The number of benzene rings is 3. The van der Waals surface area contributed by atoms with Crippen molar-refractivity contribution < 1.29 is 10.0 Å². The fourth-order valence-corrected chi connectivity index (χ4v) is 2.30. The highest BCUT2D eigenvalue weighted by atomic mass is 16.5. The highest BCUT2D eigenvalue weighted by Crippen LogP contribution is 2.21. The average Bonchev–Trinajstić information content (AvgIpc) is 2.59. The Morgan fingerprint density at radius 1 is 0.864 bits per heavy atom. The van der Waals surface area contributed by atoms with E-state index in [9.17, 15) is 4.79 Å². The van der Waals surface area contributed by atoms with E-state index in [0.717, 1.165) is 21.9 Å². The molecule has 0 heterocycles. The Kier molecular flexibility index (Phi) is 3.86. The Morgan fingerprint density at radius 3 is 2.32 bits per heavy atom. The summed E-state index contributed by atoms with van der Waals surface area (Å²) in [5, 5.41) is 10.6. The number of hydrogen-bond acceptors (Lipinski definition) is 2. The molecule has 0 unspecified atom stereocenters. The highest BCUT2D eigenvalue weighted by molar-refractivity contribution is 6.07. The maximum absolute atomic E-state index is 11.8. The zero-order valence-corrected chi connectivity index (χ0v) is 11.7. The van der Waals surface area contributed by atoms with Crippen LogP contribution in [0.5, 0.6) is 0 Å². The second kappa shape index (κ2) is 6.13. The molecule has 0 atom stereocenters. The van der Waals surface area contributed by atoms with Crippen LogP contribution in [0.1, 0.15) is 21.5 Å². The first kappa shape index (κ1) is 13.9. The normalized spacial score (nSPS) is 9.86. The number of fused-ring (bicyclic) bond motifs is 1. The quantitative estimate of drug-likeness (QED) is 0.409. The second-order valence-corrected chi connectivity index (χ2v) is 4.80. The molecule has 3 aromatic carbocycles. The van der Waals surface area contributed by atoms with E-state index in [0.29, 0.717) is 5.56 Å². The number of hydrogen-bond donors (Lipinski definition) is 2. The van der Waals surface area contributed by atoms with E-state index in [-0.39, 0.29) is 0 Å². The van der Waals surface area contributed by atoms with E-state index in [1.165, 1.54) is 0 Å². The van der Waals surface area contributed by atoms with Crippen molar-refractivity contribution in [1.82, 2.24) is 5.48 Å². The lowest BCUT2D eigenvalue weighted by Crippen LogP contribution is -2.19.